The molecule has 0 spiro atoms. The van der Waals surface area contributed by atoms with Gasteiger partial charge in [-0.3, -0.25) is 4.79 Å². The van der Waals surface area contributed by atoms with Crippen LogP contribution in [0.15, 0.2) is 59.6 Å². The van der Waals surface area contributed by atoms with Gasteiger partial charge in [0.15, 0.2) is 0 Å². The van der Waals surface area contributed by atoms with Crippen LogP contribution < -0.4 is 0 Å². The van der Waals surface area contributed by atoms with Gasteiger partial charge in [0.1, 0.15) is 12.4 Å². The molecule has 0 aromatic heterocycles. The summed E-state index contributed by atoms with van der Waals surface area (Å²) in [6, 6.07) is 12.8. The fourth-order valence-corrected chi connectivity index (χ4v) is 3.66. The number of halogens is 2. The van der Waals surface area contributed by atoms with E-state index >= 15 is 0 Å². The molecule has 0 fully saturated rings. The number of benzene rings is 2. The maximum absolute atomic E-state index is 13.8. The second kappa shape index (κ2) is 7.31. The van der Waals surface area contributed by atoms with Crippen molar-refractivity contribution in [3.63, 3.8) is 0 Å². The molecule has 0 N–H and O–H groups in total. The normalized spacial score (nSPS) is 18.9. The van der Waals surface area contributed by atoms with Gasteiger partial charge in [0.05, 0.1) is 10.4 Å². The number of carbonyl (C=O) groups excluding carboxylic acids is 1. The summed E-state index contributed by atoms with van der Waals surface area (Å²) in [7, 11) is 0. The van der Waals surface area contributed by atoms with Gasteiger partial charge in [0.25, 0.3) is 0 Å². The quantitative estimate of drug-likeness (QED) is 0.521. The highest BCUT2D eigenvalue weighted by Crippen LogP contribution is 2.42. The third-order valence-electron chi connectivity index (χ3n) is 4.42. The first kappa shape index (κ1) is 16.9. The molecule has 2 aromatic carbocycles. The van der Waals surface area contributed by atoms with Crippen LogP contribution in [-0.2, 0) is 22.6 Å². The van der Waals surface area contributed by atoms with E-state index in [1.54, 1.807) is 12.1 Å². The molecule has 0 aliphatic heterocycles. The summed E-state index contributed by atoms with van der Waals surface area (Å²) in [4.78, 5) is 12.7. The molecule has 2 nitrogen and oxygen atoms in total. The van der Waals surface area contributed by atoms with E-state index in [2.05, 4.69) is 22.5 Å². The second-order valence-electron chi connectivity index (χ2n) is 6.02. The molecular formula is C20H18BrFO2. The van der Waals surface area contributed by atoms with Crippen molar-refractivity contribution in [2.45, 2.75) is 25.4 Å². The van der Waals surface area contributed by atoms with E-state index in [4.69, 9.17) is 4.74 Å². The molecule has 0 unspecified atom stereocenters. The fourth-order valence-electron chi connectivity index (χ4n) is 3.30. The average Bonchev–Trinajstić information content (AvgIpc) is 2.91. The molecular weight excluding hydrogens is 371 g/mol. The van der Waals surface area contributed by atoms with Crippen LogP contribution in [0.5, 0.6) is 0 Å². The zero-order chi connectivity index (χ0) is 17.1. The SMILES string of the molecule is C=CC[C@H]1Cc2cc(F)c(Br)cc2[C@H]1C(=O)OCc1ccccc1. The van der Waals surface area contributed by atoms with Gasteiger partial charge in [-0.1, -0.05) is 36.4 Å². The predicted octanol–water partition coefficient (Wildman–Crippen LogP) is 5.16. The van der Waals surface area contributed by atoms with Gasteiger partial charge in [0.2, 0.25) is 0 Å². The van der Waals surface area contributed by atoms with E-state index < -0.39 is 0 Å². The summed E-state index contributed by atoms with van der Waals surface area (Å²) in [5, 5.41) is 0. The molecule has 1 aliphatic rings. The highest BCUT2D eigenvalue weighted by Gasteiger charge is 2.38. The maximum atomic E-state index is 13.8. The van der Waals surface area contributed by atoms with Gasteiger partial charge in [-0.2, -0.15) is 0 Å². The van der Waals surface area contributed by atoms with Gasteiger partial charge >= 0.3 is 5.97 Å². The van der Waals surface area contributed by atoms with Crippen LogP contribution in [0.3, 0.4) is 0 Å². The van der Waals surface area contributed by atoms with Gasteiger partial charge in [-0.15, -0.1) is 6.58 Å². The minimum atomic E-state index is -0.376. The lowest BCUT2D eigenvalue weighted by Crippen LogP contribution is -2.20. The summed E-state index contributed by atoms with van der Waals surface area (Å²) >= 11 is 3.21. The summed E-state index contributed by atoms with van der Waals surface area (Å²) < 4.78 is 19.7. The van der Waals surface area contributed by atoms with Gasteiger partial charge in [-0.25, -0.2) is 4.39 Å². The van der Waals surface area contributed by atoms with Gasteiger partial charge in [-0.05, 0) is 63.5 Å². The van der Waals surface area contributed by atoms with Crippen molar-refractivity contribution in [2.24, 2.45) is 5.92 Å². The van der Waals surface area contributed by atoms with Crippen molar-refractivity contribution < 1.29 is 13.9 Å². The lowest BCUT2D eigenvalue weighted by molar-refractivity contribution is -0.148. The number of fused-ring (bicyclic) bond motifs is 1. The van der Waals surface area contributed by atoms with E-state index in [0.717, 1.165) is 16.7 Å². The molecule has 2 atom stereocenters. The van der Waals surface area contributed by atoms with Crippen LogP contribution in [0.1, 0.15) is 29.0 Å². The monoisotopic (exact) mass is 388 g/mol. The molecule has 4 heteroatoms. The van der Waals surface area contributed by atoms with E-state index in [9.17, 15) is 9.18 Å². The number of esters is 1. The number of hydrogen-bond donors (Lipinski definition) is 0. The molecule has 1 aliphatic carbocycles. The van der Waals surface area contributed by atoms with Crippen LogP contribution in [0.25, 0.3) is 0 Å². The Morgan fingerprint density at radius 2 is 2.08 bits per heavy atom. The van der Waals surface area contributed by atoms with Crippen molar-refractivity contribution in [2.75, 3.05) is 0 Å². The van der Waals surface area contributed by atoms with E-state index in [1.165, 1.54) is 6.07 Å². The summed E-state index contributed by atoms with van der Waals surface area (Å²) in [6.07, 6.45) is 3.16. The molecule has 0 radical (unpaired) electrons. The molecule has 3 rings (SSSR count). The molecule has 0 bridgehead atoms. The third kappa shape index (κ3) is 3.44. The largest absolute Gasteiger partial charge is 0.460 e. The second-order valence-corrected chi connectivity index (χ2v) is 6.88. The molecule has 0 amide bonds. The van der Waals surface area contributed by atoms with Gasteiger partial charge < -0.3 is 4.74 Å². The van der Waals surface area contributed by atoms with Gasteiger partial charge in [0, 0.05) is 0 Å². The number of hydrogen-bond acceptors (Lipinski definition) is 2. The minimum absolute atomic E-state index is 0.0643. The Labute approximate surface area is 149 Å². The van der Waals surface area contributed by atoms with Crippen LogP contribution in [0.4, 0.5) is 4.39 Å². The third-order valence-corrected chi connectivity index (χ3v) is 5.03. The minimum Gasteiger partial charge on any atom is -0.460 e. The topological polar surface area (TPSA) is 26.3 Å². The average molecular weight is 389 g/mol. The zero-order valence-electron chi connectivity index (χ0n) is 13.2. The fraction of sp³-hybridized carbons (Fsp3) is 0.250. The molecule has 124 valence electrons. The molecule has 0 heterocycles. The van der Waals surface area contributed by atoms with E-state index in [1.807, 2.05) is 30.3 Å². The Kier molecular flexibility index (Phi) is 5.14. The van der Waals surface area contributed by atoms with Crippen molar-refractivity contribution in [3.05, 3.63) is 82.1 Å². The zero-order valence-corrected chi connectivity index (χ0v) is 14.8. The standard InChI is InChI=1S/C20H18BrFO2/c1-2-6-14-9-15-10-18(22)17(21)11-16(15)19(14)20(23)24-12-13-7-4-3-5-8-13/h2-5,7-8,10-11,14,19H,1,6,9,12H2/t14-,19-/m0/s1. The summed E-state index contributed by atoms with van der Waals surface area (Å²) in [5.74, 6) is -0.875. The summed E-state index contributed by atoms with van der Waals surface area (Å²) in [6.45, 7) is 4.02. The Hall–Kier alpha value is -1.94. The van der Waals surface area contributed by atoms with E-state index in [-0.39, 0.29) is 30.2 Å². The van der Waals surface area contributed by atoms with Crippen LogP contribution in [-0.4, -0.2) is 5.97 Å². The Balaban J connectivity index is 1.82. The number of carbonyl (C=O) groups is 1. The highest BCUT2D eigenvalue weighted by atomic mass is 79.9. The Bertz CT molecular complexity index is 758. The first-order valence-corrected chi connectivity index (χ1v) is 8.68. The maximum Gasteiger partial charge on any atom is 0.314 e. The van der Waals surface area contributed by atoms with Crippen molar-refractivity contribution in [3.8, 4) is 0 Å². The molecule has 0 saturated heterocycles. The predicted molar refractivity (Wildman–Crippen MR) is 95.1 cm³/mol. The van der Waals surface area contributed by atoms with Crippen LogP contribution in [0, 0.1) is 11.7 Å². The lowest BCUT2D eigenvalue weighted by atomic mass is 9.90. The Morgan fingerprint density at radius 3 is 2.79 bits per heavy atom. The lowest BCUT2D eigenvalue weighted by Gasteiger charge is -2.18. The van der Waals surface area contributed by atoms with Crippen LogP contribution >= 0.6 is 15.9 Å². The van der Waals surface area contributed by atoms with Crippen molar-refractivity contribution >= 4 is 21.9 Å². The number of ether oxygens (including phenoxy) is 1. The molecule has 0 saturated carbocycles. The summed E-state index contributed by atoms with van der Waals surface area (Å²) in [5.41, 5.74) is 2.68. The molecule has 24 heavy (non-hydrogen) atoms. The van der Waals surface area contributed by atoms with Crippen molar-refractivity contribution in [1.29, 1.82) is 0 Å². The highest BCUT2D eigenvalue weighted by molar-refractivity contribution is 9.10. The first-order valence-electron chi connectivity index (χ1n) is 7.89. The first-order chi connectivity index (χ1) is 11.6. The smallest absolute Gasteiger partial charge is 0.314 e. The number of rotatable bonds is 5. The van der Waals surface area contributed by atoms with E-state index in [0.29, 0.717) is 17.3 Å². The van der Waals surface area contributed by atoms with Crippen molar-refractivity contribution in [1.82, 2.24) is 0 Å². The van der Waals surface area contributed by atoms with Crippen LogP contribution in [0.2, 0.25) is 0 Å². The Morgan fingerprint density at radius 1 is 1.33 bits per heavy atom. The number of allylic oxidation sites excluding steroid dienone is 1. The molecule has 2 aromatic rings.